The quantitative estimate of drug-likeness (QED) is 0.818. The van der Waals surface area contributed by atoms with Gasteiger partial charge in [0.15, 0.2) is 0 Å². The van der Waals surface area contributed by atoms with Crippen LogP contribution in [0.4, 0.5) is 0 Å². The third-order valence-electron chi connectivity index (χ3n) is 4.73. The zero-order valence-electron chi connectivity index (χ0n) is 12.0. The number of hydrogen-bond acceptors (Lipinski definition) is 3. The van der Waals surface area contributed by atoms with Crippen LogP contribution in [0.1, 0.15) is 39.0 Å². The van der Waals surface area contributed by atoms with E-state index in [0.29, 0.717) is 11.9 Å². The molecule has 18 heavy (non-hydrogen) atoms. The number of carbonyl (C=O) groups excluding carboxylic acids is 1. The van der Waals surface area contributed by atoms with Crippen molar-refractivity contribution in [2.75, 3.05) is 27.2 Å². The number of rotatable bonds is 3. The fourth-order valence-corrected chi connectivity index (χ4v) is 3.50. The topological polar surface area (TPSA) is 49.6 Å². The van der Waals surface area contributed by atoms with Gasteiger partial charge in [-0.1, -0.05) is 6.42 Å². The number of likely N-dealkylation sites (N-methyl/N-ethyl adjacent to an activating group) is 1. The van der Waals surface area contributed by atoms with Crippen molar-refractivity contribution in [2.45, 2.75) is 51.1 Å². The second-order valence-corrected chi connectivity index (χ2v) is 6.47. The van der Waals surface area contributed by atoms with Crippen LogP contribution in [0.2, 0.25) is 0 Å². The molecule has 4 heteroatoms. The Hall–Kier alpha value is -0.610. The monoisotopic (exact) mass is 253 g/mol. The molecule has 2 fully saturated rings. The van der Waals surface area contributed by atoms with Crippen LogP contribution < -0.4 is 5.73 Å². The Morgan fingerprint density at radius 3 is 2.67 bits per heavy atom. The molecule has 0 bridgehead atoms. The second-order valence-electron chi connectivity index (χ2n) is 6.47. The molecule has 0 aromatic carbocycles. The van der Waals surface area contributed by atoms with Crippen LogP contribution in [-0.2, 0) is 4.79 Å². The Bertz CT molecular complexity index is 318. The minimum atomic E-state index is -0.311. The molecule has 1 aliphatic heterocycles. The first kappa shape index (κ1) is 13.8. The summed E-state index contributed by atoms with van der Waals surface area (Å²) in [5.41, 5.74) is 5.86. The molecule has 0 aromatic rings. The van der Waals surface area contributed by atoms with E-state index in [0.717, 1.165) is 45.2 Å². The predicted molar refractivity (Wildman–Crippen MR) is 73.2 cm³/mol. The second kappa shape index (κ2) is 5.17. The van der Waals surface area contributed by atoms with Gasteiger partial charge < -0.3 is 15.5 Å². The molecule has 0 radical (unpaired) electrons. The number of nitrogens with two attached hydrogens (primary N) is 1. The van der Waals surface area contributed by atoms with Gasteiger partial charge in [-0.2, -0.15) is 0 Å². The zero-order chi connectivity index (χ0) is 13.3. The Labute approximate surface area is 110 Å². The van der Waals surface area contributed by atoms with Crippen LogP contribution in [0.5, 0.6) is 0 Å². The van der Waals surface area contributed by atoms with Crippen molar-refractivity contribution in [1.29, 1.82) is 0 Å². The summed E-state index contributed by atoms with van der Waals surface area (Å²) in [6.07, 6.45) is 5.31. The molecule has 3 atom stereocenters. The number of likely N-dealkylation sites (tertiary alicyclic amines) is 1. The lowest BCUT2D eigenvalue weighted by molar-refractivity contribution is -0.142. The average Bonchev–Trinajstić information content (AvgIpc) is 2.86. The number of carbonyl (C=O) groups is 1. The van der Waals surface area contributed by atoms with E-state index in [9.17, 15) is 4.79 Å². The van der Waals surface area contributed by atoms with Gasteiger partial charge in [0.2, 0.25) is 5.91 Å². The van der Waals surface area contributed by atoms with E-state index in [1.807, 2.05) is 0 Å². The van der Waals surface area contributed by atoms with Crippen LogP contribution in [0.3, 0.4) is 0 Å². The third-order valence-corrected chi connectivity index (χ3v) is 4.73. The smallest absolute Gasteiger partial charge is 0.230 e. The molecule has 0 aromatic heterocycles. The molecule has 1 amide bonds. The summed E-state index contributed by atoms with van der Waals surface area (Å²) in [5.74, 6) is 0.303. The fourth-order valence-electron chi connectivity index (χ4n) is 3.50. The van der Waals surface area contributed by atoms with Crippen molar-refractivity contribution >= 4 is 5.91 Å². The number of hydrogen-bond donors (Lipinski definition) is 1. The summed E-state index contributed by atoms with van der Waals surface area (Å²) in [4.78, 5) is 17.1. The van der Waals surface area contributed by atoms with E-state index in [1.165, 1.54) is 0 Å². The minimum Gasteiger partial charge on any atom is -0.338 e. The Morgan fingerprint density at radius 2 is 2.11 bits per heavy atom. The van der Waals surface area contributed by atoms with Crippen LogP contribution in [0, 0.1) is 5.41 Å². The highest BCUT2D eigenvalue weighted by molar-refractivity contribution is 5.84. The van der Waals surface area contributed by atoms with Crippen LogP contribution in [0.15, 0.2) is 0 Å². The molecule has 1 saturated carbocycles. The fraction of sp³-hybridized carbons (Fsp3) is 0.929. The average molecular weight is 253 g/mol. The third kappa shape index (κ3) is 2.41. The molecule has 2 aliphatic rings. The zero-order valence-corrected chi connectivity index (χ0v) is 12.0. The van der Waals surface area contributed by atoms with Gasteiger partial charge in [-0.15, -0.1) is 0 Å². The number of nitrogens with zero attached hydrogens (tertiary/aromatic N) is 2. The normalized spacial score (nSPS) is 36.6. The molecule has 2 rings (SSSR count). The molecule has 0 spiro atoms. The predicted octanol–water partition coefficient (Wildman–Crippen LogP) is 1.06. The summed E-state index contributed by atoms with van der Waals surface area (Å²) in [6.45, 7) is 3.95. The summed E-state index contributed by atoms with van der Waals surface area (Å²) in [6, 6.07) is 0.433. The van der Waals surface area contributed by atoms with Gasteiger partial charge in [-0.25, -0.2) is 0 Å². The number of amides is 1. The van der Waals surface area contributed by atoms with Crippen LogP contribution >= 0.6 is 0 Å². The highest BCUT2D eigenvalue weighted by atomic mass is 16.2. The van der Waals surface area contributed by atoms with E-state index < -0.39 is 0 Å². The lowest BCUT2D eigenvalue weighted by Crippen LogP contribution is -2.52. The van der Waals surface area contributed by atoms with Gasteiger partial charge >= 0.3 is 0 Å². The summed E-state index contributed by atoms with van der Waals surface area (Å²) in [5, 5.41) is 0. The Kier molecular flexibility index (Phi) is 3.97. The van der Waals surface area contributed by atoms with Crippen LogP contribution in [-0.4, -0.2) is 55.0 Å². The summed E-state index contributed by atoms with van der Waals surface area (Å²) >= 11 is 0. The maximum absolute atomic E-state index is 12.8. The molecular weight excluding hydrogens is 226 g/mol. The molecule has 4 nitrogen and oxygen atoms in total. The first-order valence-electron chi connectivity index (χ1n) is 7.16. The van der Waals surface area contributed by atoms with E-state index in [-0.39, 0.29) is 11.5 Å². The maximum atomic E-state index is 12.8. The van der Waals surface area contributed by atoms with Gasteiger partial charge in [-0.05, 0) is 46.7 Å². The van der Waals surface area contributed by atoms with Crippen molar-refractivity contribution in [1.82, 2.24) is 9.80 Å². The van der Waals surface area contributed by atoms with Gasteiger partial charge in [0, 0.05) is 25.2 Å². The minimum absolute atomic E-state index is 0.0469. The first-order chi connectivity index (χ1) is 8.45. The van der Waals surface area contributed by atoms with Crippen molar-refractivity contribution in [3.05, 3.63) is 0 Å². The molecule has 2 N–H and O–H groups in total. The Morgan fingerprint density at radius 1 is 1.39 bits per heavy atom. The molecule has 1 aliphatic carbocycles. The SMILES string of the molecule is CN(C)CC1CCCN1C(=O)C1(C)CCCC1N. The first-order valence-corrected chi connectivity index (χ1v) is 7.16. The van der Waals surface area contributed by atoms with Crippen molar-refractivity contribution < 1.29 is 4.79 Å². The molecule has 104 valence electrons. The van der Waals surface area contributed by atoms with E-state index in [1.54, 1.807) is 0 Å². The van der Waals surface area contributed by atoms with E-state index >= 15 is 0 Å². The van der Waals surface area contributed by atoms with Crippen molar-refractivity contribution in [2.24, 2.45) is 11.1 Å². The maximum Gasteiger partial charge on any atom is 0.230 e. The standard InChI is InChI=1S/C14H27N3O/c1-14(8-4-7-12(14)15)13(18)17-9-5-6-11(17)10-16(2)3/h11-12H,4-10,15H2,1-3H3. The van der Waals surface area contributed by atoms with Crippen molar-refractivity contribution in [3.63, 3.8) is 0 Å². The van der Waals surface area contributed by atoms with Gasteiger partial charge in [0.25, 0.3) is 0 Å². The van der Waals surface area contributed by atoms with Crippen molar-refractivity contribution in [3.8, 4) is 0 Å². The van der Waals surface area contributed by atoms with Gasteiger partial charge in [-0.3, -0.25) is 4.79 Å². The van der Waals surface area contributed by atoms with Crippen LogP contribution in [0.25, 0.3) is 0 Å². The van der Waals surface area contributed by atoms with Gasteiger partial charge in [0.1, 0.15) is 0 Å². The lowest BCUT2D eigenvalue weighted by Gasteiger charge is -2.36. The largest absolute Gasteiger partial charge is 0.338 e. The molecular formula is C14H27N3O. The van der Waals surface area contributed by atoms with Gasteiger partial charge in [0.05, 0.1) is 5.41 Å². The highest BCUT2D eigenvalue weighted by Gasteiger charge is 2.47. The van der Waals surface area contributed by atoms with E-state index in [4.69, 9.17) is 5.73 Å². The Balaban J connectivity index is 2.08. The summed E-state index contributed by atoms with van der Waals surface area (Å²) < 4.78 is 0. The lowest BCUT2D eigenvalue weighted by atomic mass is 9.83. The molecule has 1 saturated heterocycles. The highest BCUT2D eigenvalue weighted by Crippen LogP contribution is 2.39. The molecule has 3 unspecified atom stereocenters. The van der Waals surface area contributed by atoms with E-state index in [2.05, 4.69) is 30.8 Å². The summed E-state index contributed by atoms with van der Waals surface area (Å²) in [7, 11) is 4.15. The molecule has 1 heterocycles.